The lowest BCUT2D eigenvalue weighted by atomic mass is 10.1. The molecule has 0 atom stereocenters. The fourth-order valence-corrected chi connectivity index (χ4v) is 3.93. The van der Waals surface area contributed by atoms with Gasteiger partial charge in [0.15, 0.2) is 0 Å². The van der Waals surface area contributed by atoms with Crippen molar-refractivity contribution in [3.05, 3.63) is 50.7 Å². The van der Waals surface area contributed by atoms with Crippen LogP contribution in [0.5, 0.6) is 0 Å². The summed E-state index contributed by atoms with van der Waals surface area (Å²) in [5.41, 5.74) is 2.88. The summed E-state index contributed by atoms with van der Waals surface area (Å²) >= 11 is 7.44. The molecular formula is C20H26ClN3O2S. The van der Waals surface area contributed by atoms with E-state index in [0.29, 0.717) is 17.4 Å². The van der Waals surface area contributed by atoms with Crippen molar-refractivity contribution in [3.8, 4) is 0 Å². The molecule has 2 rings (SSSR count). The molecule has 1 heterocycles. The van der Waals surface area contributed by atoms with E-state index in [1.165, 1.54) is 11.3 Å². The molecule has 0 fully saturated rings. The van der Waals surface area contributed by atoms with Gasteiger partial charge in [0, 0.05) is 17.1 Å². The number of hydrogen-bond acceptors (Lipinski definition) is 4. The molecule has 27 heavy (non-hydrogen) atoms. The number of hydrogen-bond donors (Lipinski definition) is 1. The largest absolute Gasteiger partial charge is 0.337 e. The molecule has 0 radical (unpaired) electrons. The average Bonchev–Trinajstić information content (AvgIpc) is 3.01. The third-order valence-corrected chi connectivity index (χ3v) is 5.49. The maximum atomic E-state index is 12.6. The number of nitrogens with one attached hydrogen (secondary N) is 1. The summed E-state index contributed by atoms with van der Waals surface area (Å²) < 4.78 is 0.716. The zero-order valence-electron chi connectivity index (χ0n) is 16.2. The minimum Gasteiger partial charge on any atom is -0.337 e. The molecule has 146 valence electrons. The second-order valence-electron chi connectivity index (χ2n) is 6.60. The first-order valence-electron chi connectivity index (χ1n) is 8.86. The lowest BCUT2D eigenvalue weighted by molar-refractivity contribution is -0.132. The number of amides is 2. The number of likely N-dealkylation sites (N-methyl/N-ethyl adjacent to an activating group) is 2. The van der Waals surface area contributed by atoms with E-state index in [1.54, 1.807) is 16.8 Å². The number of benzene rings is 1. The highest BCUT2D eigenvalue weighted by molar-refractivity contribution is 7.16. The summed E-state index contributed by atoms with van der Waals surface area (Å²) in [5, 5.41) is 2.95. The molecule has 2 aromatic rings. The van der Waals surface area contributed by atoms with Crippen molar-refractivity contribution in [2.45, 2.75) is 27.3 Å². The lowest BCUT2D eigenvalue weighted by Gasteiger charge is -2.24. The molecule has 0 aliphatic carbocycles. The van der Waals surface area contributed by atoms with Crippen molar-refractivity contribution >= 4 is 40.4 Å². The van der Waals surface area contributed by atoms with Crippen molar-refractivity contribution in [2.75, 3.05) is 32.0 Å². The van der Waals surface area contributed by atoms with Gasteiger partial charge < -0.3 is 10.2 Å². The van der Waals surface area contributed by atoms with Crippen LogP contribution in [0, 0.1) is 13.8 Å². The maximum absolute atomic E-state index is 12.6. The Kier molecular flexibility index (Phi) is 7.83. The van der Waals surface area contributed by atoms with Crippen LogP contribution in [0.4, 0.5) is 5.69 Å². The van der Waals surface area contributed by atoms with Crippen LogP contribution in [-0.4, -0.2) is 48.3 Å². The molecule has 0 saturated heterocycles. The minimum absolute atomic E-state index is 0.00982. The van der Waals surface area contributed by atoms with Crippen LogP contribution in [0.3, 0.4) is 0 Å². The van der Waals surface area contributed by atoms with Gasteiger partial charge in [0.2, 0.25) is 11.8 Å². The predicted octanol–water partition coefficient (Wildman–Crippen LogP) is 3.94. The summed E-state index contributed by atoms with van der Waals surface area (Å²) in [7, 11) is 1.78. The Morgan fingerprint density at radius 3 is 2.33 bits per heavy atom. The molecular weight excluding hydrogens is 382 g/mol. The van der Waals surface area contributed by atoms with Crippen molar-refractivity contribution in [2.24, 2.45) is 0 Å². The smallest absolute Gasteiger partial charge is 0.238 e. The van der Waals surface area contributed by atoms with Crippen molar-refractivity contribution in [1.29, 1.82) is 0 Å². The monoisotopic (exact) mass is 407 g/mol. The van der Waals surface area contributed by atoms with Gasteiger partial charge in [0.1, 0.15) is 0 Å². The van der Waals surface area contributed by atoms with Crippen molar-refractivity contribution < 1.29 is 9.59 Å². The fraction of sp³-hybridized carbons (Fsp3) is 0.400. The fourth-order valence-electron chi connectivity index (χ4n) is 2.82. The molecule has 1 aromatic heterocycles. The van der Waals surface area contributed by atoms with Gasteiger partial charge in [0.05, 0.1) is 24.0 Å². The Morgan fingerprint density at radius 2 is 1.78 bits per heavy atom. The highest BCUT2D eigenvalue weighted by Gasteiger charge is 2.17. The first-order valence-corrected chi connectivity index (χ1v) is 10.1. The Morgan fingerprint density at radius 1 is 1.11 bits per heavy atom. The molecule has 7 heteroatoms. The molecule has 1 N–H and O–H groups in total. The van der Waals surface area contributed by atoms with Crippen LogP contribution < -0.4 is 5.32 Å². The van der Waals surface area contributed by atoms with Gasteiger partial charge in [-0.3, -0.25) is 14.5 Å². The van der Waals surface area contributed by atoms with Gasteiger partial charge in [-0.25, -0.2) is 0 Å². The van der Waals surface area contributed by atoms with E-state index in [2.05, 4.69) is 5.32 Å². The summed E-state index contributed by atoms with van der Waals surface area (Å²) in [6, 6.07) is 9.66. The number of para-hydroxylation sites is 1. The van der Waals surface area contributed by atoms with E-state index in [0.717, 1.165) is 21.7 Å². The van der Waals surface area contributed by atoms with Crippen LogP contribution in [0.1, 0.15) is 22.9 Å². The number of nitrogens with zero attached hydrogens (tertiary/aromatic N) is 2. The molecule has 5 nitrogen and oxygen atoms in total. The molecule has 0 aliphatic rings. The third kappa shape index (κ3) is 6.34. The van der Waals surface area contributed by atoms with Crippen LogP contribution in [-0.2, 0) is 16.1 Å². The summed E-state index contributed by atoms with van der Waals surface area (Å²) in [6.45, 7) is 7.36. The van der Waals surface area contributed by atoms with Gasteiger partial charge in [-0.15, -0.1) is 11.3 Å². The van der Waals surface area contributed by atoms with Gasteiger partial charge in [-0.1, -0.05) is 29.8 Å². The number of anilines is 1. The predicted molar refractivity (Wildman–Crippen MR) is 112 cm³/mol. The standard InChI is InChI=1S/C20H26ClN3O2S/c1-5-24(11-16-9-10-17(21)27-16)19(26)13-23(4)12-18(25)22-20-14(2)7-6-8-15(20)3/h6-10H,5,11-13H2,1-4H3,(H,22,25). The highest BCUT2D eigenvalue weighted by atomic mass is 35.5. The van der Waals surface area contributed by atoms with Crippen molar-refractivity contribution in [1.82, 2.24) is 9.80 Å². The highest BCUT2D eigenvalue weighted by Crippen LogP contribution is 2.23. The van der Waals surface area contributed by atoms with Crippen LogP contribution in [0.15, 0.2) is 30.3 Å². The van der Waals surface area contributed by atoms with Gasteiger partial charge in [0.25, 0.3) is 0 Å². The topological polar surface area (TPSA) is 52.7 Å². The average molecular weight is 408 g/mol. The first-order chi connectivity index (χ1) is 12.8. The van der Waals surface area contributed by atoms with E-state index in [-0.39, 0.29) is 24.9 Å². The Balaban J connectivity index is 1.88. The Labute approximate surface area is 169 Å². The molecule has 2 amide bonds. The molecule has 0 saturated carbocycles. The molecule has 0 aliphatic heterocycles. The number of rotatable bonds is 8. The number of carbonyl (C=O) groups excluding carboxylic acids is 2. The summed E-state index contributed by atoms with van der Waals surface area (Å²) in [4.78, 5) is 29.5. The number of thiophene rings is 1. The van der Waals surface area contributed by atoms with E-state index < -0.39 is 0 Å². The van der Waals surface area contributed by atoms with Gasteiger partial charge >= 0.3 is 0 Å². The molecule has 0 unspecified atom stereocenters. The van der Waals surface area contributed by atoms with E-state index in [9.17, 15) is 9.59 Å². The van der Waals surface area contributed by atoms with Crippen molar-refractivity contribution in [3.63, 3.8) is 0 Å². The number of aryl methyl sites for hydroxylation is 2. The quantitative estimate of drug-likeness (QED) is 0.721. The van der Waals surface area contributed by atoms with Crippen LogP contribution >= 0.6 is 22.9 Å². The molecule has 1 aromatic carbocycles. The van der Waals surface area contributed by atoms with E-state index in [4.69, 9.17) is 11.6 Å². The van der Waals surface area contributed by atoms with E-state index >= 15 is 0 Å². The first kappa shape index (κ1) is 21.4. The molecule has 0 spiro atoms. The van der Waals surface area contributed by atoms with Crippen LogP contribution in [0.25, 0.3) is 0 Å². The Hall–Kier alpha value is -1.89. The SMILES string of the molecule is CCN(Cc1ccc(Cl)s1)C(=O)CN(C)CC(=O)Nc1c(C)cccc1C. The second-order valence-corrected chi connectivity index (χ2v) is 8.40. The van der Waals surface area contributed by atoms with Crippen LogP contribution in [0.2, 0.25) is 4.34 Å². The summed E-state index contributed by atoms with van der Waals surface area (Å²) in [5.74, 6) is -0.139. The Bertz CT molecular complexity index is 786. The zero-order valence-corrected chi connectivity index (χ0v) is 17.8. The van der Waals surface area contributed by atoms with Gasteiger partial charge in [-0.05, 0) is 51.1 Å². The number of carbonyl (C=O) groups is 2. The second kappa shape index (κ2) is 9.88. The zero-order chi connectivity index (χ0) is 20.0. The normalized spacial score (nSPS) is 10.9. The third-order valence-electron chi connectivity index (χ3n) is 4.27. The molecule has 0 bridgehead atoms. The lowest BCUT2D eigenvalue weighted by Crippen LogP contribution is -2.41. The van der Waals surface area contributed by atoms with E-state index in [1.807, 2.05) is 51.1 Å². The number of halogens is 1. The maximum Gasteiger partial charge on any atom is 0.238 e. The minimum atomic E-state index is -0.129. The van der Waals surface area contributed by atoms with Gasteiger partial charge in [-0.2, -0.15) is 0 Å². The summed E-state index contributed by atoms with van der Waals surface area (Å²) in [6.07, 6.45) is 0.